The molecule has 45 heavy (non-hydrogen) atoms. The summed E-state index contributed by atoms with van der Waals surface area (Å²) in [5.41, 5.74) is 4.21. The maximum Gasteiger partial charge on any atom is 0.305 e. The Hall–Kier alpha value is -4.13. The minimum atomic E-state index is -0.345. The van der Waals surface area contributed by atoms with Crippen LogP contribution in [0, 0.1) is 17.3 Å². The lowest BCUT2D eigenvalue weighted by Gasteiger charge is -2.50. The summed E-state index contributed by atoms with van der Waals surface area (Å²) >= 11 is 0. The fourth-order valence-corrected chi connectivity index (χ4v) is 8.17. The zero-order valence-electron chi connectivity index (χ0n) is 26.7. The maximum atomic E-state index is 12.2. The second kappa shape index (κ2) is 13.5. The molecule has 7 heteroatoms. The fraction of sp³-hybridized carbons (Fsp3) is 0.447. The van der Waals surface area contributed by atoms with E-state index < -0.39 is 0 Å². The van der Waals surface area contributed by atoms with Crippen LogP contribution in [-0.4, -0.2) is 43.0 Å². The van der Waals surface area contributed by atoms with Gasteiger partial charge in [0.2, 0.25) is 5.78 Å². The Labute approximate surface area is 266 Å². The number of aromatic hydroxyl groups is 1. The highest BCUT2D eigenvalue weighted by molar-refractivity contribution is 6.19. The number of methoxy groups -OCH3 is 2. The Morgan fingerprint density at radius 1 is 1.02 bits per heavy atom. The number of aryl methyl sites for hydroxylation is 1. The SMILES string of the molecule is C=CC(C1=CC(=O)C(OC)=CC1=O)c1ccc(OC)cc1.CCC(=O)OC1CCC2C3CCc4cc(O)ccc4C3CCC12C. The fourth-order valence-electron chi connectivity index (χ4n) is 8.17. The Bertz CT molecular complexity index is 1520. The van der Waals surface area contributed by atoms with Crippen molar-refractivity contribution in [3.8, 4) is 11.5 Å². The third-order valence-corrected chi connectivity index (χ3v) is 10.5. The minimum Gasteiger partial charge on any atom is -0.508 e. The van der Waals surface area contributed by atoms with Crippen molar-refractivity contribution in [1.82, 2.24) is 0 Å². The molecular formula is C38H44O7. The number of carbonyl (C=O) groups is 3. The number of allylic oxidation sites excluding steroid dienone is 4. The summed E-state index contributed by atoms with van der Waals surface area (Å²) in [5.74, 6) is 2.20. The first-order valence-electron chi connectivity index (χ1n) is 16.0. The lowest BCUT2D eigenvalue weighted by molar-refractivity contribution is -0.157. The van der Waals surface area contributed by atoms with Crippen molar-refractivity contribution in [3.63, 3.8) is 0 Å². The predicted octanol–water partition coefficient (Wildman–Crippen LogP) is 7.14. The number of phenols is 1. The van der Waals surface area contributed by atoms with E-state index in [1.54, 1.807) is 25.3 Å². The molecule has 0 spiro atoms. The molecule has 0 radical (unpaired) electrons. The van der Waals surface area contributed by atoms with Gasteiger partial charge in [0.15, 0.2) is 11.5 Å². The topological polar surface area (TPSA) is 99.1 Å². The molecule has 6 rings (SSSR count). The van der Waals surface area contributed by atoms with Gasteiger partial charge in [0.05, 0.1) is 14.2 Å². The zero-order chi connectivity index (χ0) is 32.3. The molecule has 6 unspecified atom stereocenters. The summed E-state index contributed by atoms with van der Waals surface area (Å²) in [6, 6.07) is 13.2. The molecule has 0 aliphatic heterocycles. The van der Waals surface area contributed by atoms with E-state index in [4.69, 9.17) is 14.2 Å². The van der Waals surface area contributed by atoms with Crippen molar-refractivity contribution in [2.45, 2.75) is 76.7 Å². The number of carbonyl (C=O) groups excluding carboxylic acids is 3. The van der Waals surface area contributed by atoms with Crippen LogP contribution in [0.2, 0.25) is 0 Å². The van der Waals surface area contributed by atoms with E-state index in [-0.39, 0.29) is 40.7 Å². The molecule has 2 fully saturated rings. The number of rotatable bonds is 7. The summed E-state index contributed by atoms with van der Waals surface area (Å²) in [4.78, 5) is 35.8. The van der Waals surface area contributed by atoms with Crippen LogP contribution in [0.5, 0.6) is 11.5 Å². The summed E-state index contributed by atoms with van der Waals surface area (Å²) < 4.78 is 15.8. The van der Waals surface area contributed by atoms with Gasteiger partial charge in [-0.25, -0.2) is 0 Å². The average Bonchev–Trinajstić information content (AvgIpc) is 3.38. The molecule has 2 aromatic rings. The monoisotopic (exact) mass is 612 g/mol. The van der Waals surface area contributed by atoms with Gasteiger partial charge in [0.25, 0.3) is 0 Å². The van der Waals surface area contributed by atoms with Gasteiger partial charge in [0.1, 0.15) is 17.6 Å². The van der Waals surface area contributed by atoms with Crippen LogP contribution >= 0.6 is 0 Å². The summed E-state index contributed by atoms with van der Waals surface area (Å²) in [6.07, 6.45) is 11.6. The van der Waals surface area contributed by atoms with E-state index in [2.05, 4.69) is 19.6 Å². The molecule has 2 saturated carbocycles. The molecule has 1 N–H and O–H groups in total. The quantitative estimate of drug-likeness (QED) is 0.202. The standard InChI is InChI=1S/C21H28O3.C17H16O4/c1-3-20(23)24-19-9-8-18-17-6-4-13-12-14(22)5-7-15(13)16(17)10-11-21(18,19)2;1-4-13(11-5-7-12(20-2)8-6-11)14-9-16(19)17(21-3)10-15(14)18/h5,7,12,16-19,22H,3-4,6,8-11H2,1-2H3;4-10,13H,1H2,2-3H3. The van der Waals surface area contributed by atoms with Gasteiger partial charge in [-0.1, -0.05) is 38.1 Å². The van der Waals surface area contributed by atoms with Crippen LogP contribution in [0.25, 0.3) is 0 Å². The molecule has 4 aliphatic carbocycles. The second-order valence-corrected chi connectivity index (χ2v) is 12.8. The summed E-state index contributed by atoms with van der Waals surface area (Å²) in [6.45, 7) is 8.00. The molecule has 0 aromatic heterocycles. The Kier molecular flexibility index (Phi) is 9.66. The predicted molar refractivity (Wildman–Crippen MR) is 172 cm³/mol. The second-order valence-electron chi connectivity index (χ2n) is 12.8. The number of ketones is 2. The first-order valence-corrected chi connectivity index (χ1v) is 16.0. The van der Waals surface area contributed by atoms with Crippen LogP contribution < -0.4 is 4.74 Å². The highest BCUT2D eigenvalue weighted by Gasteiger charge is 2.56. The van der Waals surface area contributed by atoms with Gasteiger partial charge < -0.3 is 19.3 Å². The van der Waals surface area contributed by atoms with Gasteiger partial charge in [-0.2, -0.15) is 0 Å². The summed E-state index contributed by atoms with van der Waals surface area (Å²) in [5, 5.41) is 9.77. The molecule has 2 aromatic carbocycles. The number of hydrogen-bond donors (Lipinski definition) is 1. The van der Waals surface area contributed by atoms with Crippen molar-refractivity contribution in [1.29, 1.82) is 0 Å². The zero-order valence-corrected chi connectivity index (χ0v) is 26.7. The highest BCUT2D eigenvalue weighted by Crippen LogP contribution is 2.61. The van der Waals surface area contributed by atoms with Crippen LogP contribution in [0.3, 0.4) is 0 Å². The minimum absolute atomic E-state index is 0.0477. The maximum absolute atomic E-state index is 12.2. The van der Waals surface area contributed by atoms with E-state index >= 15 is 0 Å². The van der Waals surface area contributed by atoms with Gasteiger partial charge in [0, 0.05) is 29.4 Å². The molecule has 0 amide bonds. The third-order valence-electron chi connectivity index (χ3n) is 10.5. The lowest BCUT2D eigenvalue weighted by Crippen LogP contribution is -2.45. The Balaban J connectivity index is 0.000000180. The Morgan fingerprint density at radius 3 is 2.44 bits per heavy atom. The number of fused-ring (bicyclic) bond motifs is 5. The average molecular weight is 613 g/mol. The number of benzene rings is 2. The largest absolute Gasteiger partial charge is 0.508 e. The van der Waals surface area contributed by atoms with Crippen molar-refractivity contribution in [3.05, 3.63) is 95.3 Å². The number of hydrogen-bond acceptors (Lipinski definition) is 7. The molecular weight excluding hydrogens is 568 g/mol. The molecule has 0 bridgehead atoms. The van der Waals surface area contributed by atoms with Crippen LogP contribution in [0.1, 0.15) is 80.9 Å². The molecule has 6 atom stereocenters. The molecule has 7 nitrogen and oxygen atoms in total. The van der Waals surface area contributed by atoms with Crippen molar-refractivity contribution < 1.29 is 33.7 Å². The van der Waals surface area contributed by atoms with Crippen LogP contribution in [-0.2, 0) is 30.3 Å². The summed E-state index contributed by atoms with van der Waals surface area (Å²) in [7, 11) is 2.95. The lowest BCUT2D eigenvalue weighted by atomic mass is 9.55. The highest BCUT2D eigenvalue weighted by atomic mass is 16.5. The van der Waals surface area contributed by atoms with Crippen molar-refractivity contribution in [2.24, 2.45) is 17.3 Å². The van der Waals surface area contributed by atoms with Crippen molar-refractivity contribution in [2.75, 3.05) is 14.2 Å². The Morgan fingerprint density at radius 2 is 1.78 bits per heavy atom. The normalized spacial score (nSPS) is 27.3. The van der Waals surface area contributed by atoms with Gasteiger partial charge >= 0.3 is 5.97 Å². The molecule has 238 valence electrons. The molecule has 4 aliphatic rings. The molecule has 0 heterocycles. The van der Waals surface area contributed by atoms with E-state index in [1.807, 2.05) is 31.2 Å². The van der Waals surface area contributed by atoms with Gasteiger partial charge in [-0.05, 0) is 103 Å². The first-order chi connectivity index (χ1) is 21.6. The van der Waals surface area contributed by atoms with Crippen LogP contribution in [0.15, 0.2) is 78.6 Å². The van der Waals surface area contributed by atoms with E-state index in [0.717, 1.165) is 30.6 Å². The van der Waals surface area contributed by atoms with Gasteiger partial charge in [-0.3, -0.25) is 14.4 Å². The van der Waals surface area contributed by atoms with Crippen LogP contribution in [0.4, 0.5) is 0 Å². The van der Waals surface area contributed by atoms with E-state index in [9.17, 15) is 19.5 Å². The molecule has 0 saturated heterocycles. The van der Waals surface area contributed by atoms with E-state index in [0.29, 0.717) is 35.5 Å². The number of esters is 1. The smallest absolute Gasteiger partial charge is 0.305 e. The first kappa shape index (κ1) is 32.3. The van der Waals surface area contributed by atoms with Gasteiger partial charge in [-0.15, -0.1) is 6.58 Å². The van der Waals surface area contributed by atoms with E-state index in [1.165, 1.54) is 49.7 Å². The third kappa shape index (κ3) is 6.35. The van der Waals surface area contributed by atoms with Crippen molar-refractivity contribution >= 4 is 17.5 Å². The number of ether oxygens (including phenoxy) is 3. The number of phenolic OH excluding ortho intramolecular Hbond substituents is 1.